The summed E-state index contributed by atoms with van der Waals surface area (Å²) in [4.78, 5) is 23.9. The van der Waals surface area contributed by atoms with Gasteiger partial charge in [-0.1, -0.05) is 82.6 Å². The number of hydrogen-bond acceptors (Lipinski definition) is 5. The maximum atomic E-state index is 12.8. The molecule has 0 aliphatic heterocycles. The molecule has 0 aromatic heterocycles. The van der Waals surface area contributed by atoms with E-state index >= 15 is 0 Å². The molecule has 1 rings (SSSR count). The Bertz CT molecular complexity index is 839. The lowest BCUT2D eigenvalue weighted by Crippen LogP contribution is -2.28. The molecular formula is C35H58O5. The minimum absolute atomic E-state index is 0.0927. The van der Waals surface area contributed by atoms with Gasteiger partial charge in [-0.25, -0.2) is 0 Å². The highest BCUT2D eigenvalue weighted by Gasteiger charge is 2.27. The second-order valence-corrected chi connectivity index (χ2v) is 12.2. The van der Waals surface area contributed by atoms with Crippen molar-refractivity contribution in [2.75, 3.05) is 7.11 Å². The smallest absolute Gasteiger partial charge is 0.293 e. The summed E-state index contributed by atoms with van der Waals surface area (Å²) in [6.45, 7) is 13.0. The minimum Gasteiger partial charge on any atom is -0.464 e. The first-order valence-electron chi connectivity index (χ1n) is 15.6. The number of carbonyl (C=O) groups is 2. The van der Waals surface area contributed by atoms with Crippen molar-refractivity contribution in [1.82, 2.24) is 0 Å². The fraction of sp³-hybridized carbons (Fsp3) is 0.714. The highest BCUT2D eigenvalue weighted by Crippen LogP contribution is 2.33. The number of rotatable bonds is 20. The summed E-state index contributed by atoms with van der Waals surface area (Å²) in [5, 5.41) is 10.6. The molecule has 1 aliphatic carbocycles. The highest BCUT2D eigenvalue weighted by molar-refractivity contribution is 5.81. The minimum atomic E-state index is -0.752. The van der Waals surface area contributed by atoms with Gasteiger partial charge in [0.2, 0.25) is 0 Å². The van der Waals surface area contributed by atoms with Crippen molar-refractivity contribution in [2.24, 2.45) is 23.7 Å². The molecule has 0 radical (unpaired) electrons. The first-order chi connectivity index (χ1) is 19.1. The van der Waals surface area contributed by atoms with Crippen LogP contribution in [0.5, 0.6) is 0 Å². The van der Waals surface area contributed by atoms with Crippen molar-refractivity contribution in [3.8, 4) is 0 Å². The summed E-state index contributed by atoms with van der Waals surface area (Å²) in [5.41, 5.74) is 2.18. The molecule has 0 bridgehead atoms. The van der Waals surface area contributed by atoms with E-state index in [9.17, 15) is 14.7 Å². The van der Waals surface area contributed by atoms with Crippen LogP contribution in [0.1, 0.15) is 112 Å². The lowest BCUT2D eigenvalue weighted by Gasteiger charge is -2.32. The molecule has 1 saturated carbocycles. The maximum absolute atomic E-state index is 12.8. The molecule has 228 valence electrons. The number of aliphatic hydroxyl groups is 1. The molecule has 7 atom stereocenters. The highest BCUT2D eigenvalue weighted by atomic mass is 16.5. The Morgan fingerprint density at radius 1 is 1.10 bits per heavy atom. The van der Waals surface area contributed by atoms with Gasteiger partial charge in [-0.15, -0.1) is 0 Å². The van der Waals surface area contributed by atoms with Gasteiger partial charge in [0.15, 0.2) is 0 Å². The second kappa shape index (κ2) is 20.8. The Kier molecular flexibility index (Phi) is 18.8. The van der Waals surface area contributed by atoms with Gasteiger partial charge in [-0.2, -0.15) is 0 Å². The molecule has 0 aromatic carbocycles. The molecule has 5 heteroatoms. The Hall–Kier alpha value is -1.98. The summed E-state index contributed by atoms with van der Waals surface area (Å²) >= 11 is 0. The van der Waals surface area contributed by atoms with Crippen LogP contribution in [0.2, 0.25) is 0 Å². The third-order valence-corrected chi connectivity index (χ3v) is 8.59. The summed E-state index contributed by atoms with van der Waals surface area (Å²) in [6.07, 6.45) is 22.0. The van der Waals surface area contributed by atoms with Crippen molar-refractivity contribution < 1.29 is 24.2 Å². The molecule has 1 N–H and O–H groups in total. The van der Waals surface area contributed by atoms with Crippen LogP contribution >= 0.6 is 0 Å². The van der Waals surface area contributed by atoms with E-state index in [1.54, 1.807) is 7.11 Å². The molecule has 0 spiro atoms. The third-order valence-electron chi connectivity index (χ3n) is 8.59. The topological polar surface area (TPSA) is 72.8 Å². The summed E-state index contributed by atoms with van der Waals surface area (Å²) in [6, 6.07) is 0. The number of hydrogen-bond donors (Lipinski definition) is 1. The Morgan fingerprint density at radius 3 is 2.52 bits per heavy atom. The Balaban J connectivity index is 2.45. The monoisotopic (exact) mass is 558 g/mol. The van der Waals surface area contributed by atoms with Crippen molar-refractivity contribution in [2.45, 2.75) is 130 Å². The van der Waals surface area contributed by atoms with Crippen LogP contribution in [0.15, 0.2) is 47.6 Å². The largest absolute Gasteiger partial charge is 0.464 e. The van der Waals surface area contributed by atoms with Crippen molar-refractivity contribution in [3.63, 3.8) is 0 Å². The molecule has 0 amide bonds. The van der Waals surface area contributed by atoms with E-state index in [-0.39, 0.29) is 30.1 Å². The van der Waals surface area contributed by atoms with Crippen LogP contribution in [0.25, 0.3) is 0 Å². The predicted molar refractivity (Wildman–Crippen MR) is 166 cm³/mol. The van der Waals surface area contributed by atoms with Gasteiger partial charge < -0.3 is 14.6 Å². The number of unbranched alkanes of at least 4 members (excludes halogenated alkanes) is 1. The summed E-state index contributed by atoms with van der Waals surface area (Å²) < 4.78 is 11.1. The zero-order chi connectivity index (χ0) is 29.9. The van der Waals surface area contributed by atoms with Crippen molar-refractivity contribution >= 4 is 12.3 Å². The van der Waals surface area contributed by atoms with Crippen LogP contribution < -0.4 is 0 Å². The molecule has 40 heavy (non-hydrogen) atoms. The summed E-state index contributed by atoms with van der Waals surface area (Å²) in [7, 11) is 1.80. The number of ether oxygens (including phenoxy) is 2. The SMILES string of the molecule is CC/C(C)=C/C=C/C=C/[C@@H](C)CC(C)C(=O)CC(O)/C(C)=C/CCC[C@H](OC=O)[C@H](C)CC1CCCC(OC)C1. The first-order valence-corrected chi connectivity index (χ1v) is 15.6. The molecule has 0 heterocycles. The fourth-order valence-corrected chi connectivity index (χ4v) is 5.67. The third kappa shape index (κ3) is 15.1. The van der Waals surface area contributed by atoms with Crippen molar-refractivity contribution in [3.05, 3.63) is 47.6 Å². The van der Waals surface area contributed by atoms with E-state index in [2.05, 4.69) is 39.8 Å². The van der Waals surface area contributed by atoms with Gasteiger partial charge in [0.25, 0.3) is 6.47 Å². The maximum Gasteiger partial charge on any atom is 0.293 e. The van der Waals surface area contributed by atoms with E-state index < -0.39 is 6.10 Å². The quantitative estimate of drug-likeness (QED) is 0.0704. The number of ketones is 1. The number of allylic oxidation sites excluding steroid dienone is 7. The van der Waals surface area contributed by atoms with E-state index in [4.69, 9.17) is 9.47 Å². The zero-order valence-corrected chi connectivity index (χ0v) is 26.4. The summed E-state index contributed by atoms with van der Waals surface area (Å²) in [5.74, 6) is 1.22. The van der Waals surface area contributed by atoms with Gasteiger partial charge in [-0.3, -0.25) is 9.59 Å². The molecule has 1 fully saturated rings. The average Bonchev–Trinajstić information content (AvgIpc) is 2.93. The first kappa shape index (κ1) is 36.0. The molecule has 0 saturated heterocycles. The molecule has 4 unspecified atom stereocenters. The number of methoxy groups -OCH3 is 1. The van der Waals surface area contributed by atoms with E-state index in [0.29, 0.717) is 24.4 Å². The van der Waals surface area contributed by atoms with Gasteiger partial charge in [0.05, 0.1) is 12.2 Å². The molecule has 1 aliphatic rings. The van der Waals surface area contributed by atoms with Crippen LogP contribution in [-0.4, -0.2) is 42.8 Å². The van der Waals surface area contributed by atoms with Gasteiger partial charge in [0.1, 0.15) is 11.9 Å². The Morgan fingerprint density at radius 2 is 1.85 bits per heavy atom. The number of carbonyl (C=O) groups excluding carboxylic acids is 2. The number of aliphatic hydroxyl groups excluding tert-OH is 1. The van der Waals surface area contributed by atoms with E-state index in [0.717, 1.165) is 56.9 Å². The molecular weight excluding hydrogens is 500 g/mol. The lowest BCUT2D eigenvalue weighted by atomic mass is 9.80. The standard InChI is InChI=1S/C35H58O5/c1-8-26(2)15-10-9-11-16-27(3)21-29(5)34(38)24-33(37)28(4)17-12-13-20-35(40-25-36)30(6)22-31-18-14-19-32(23-31)39-7/h9-11,15-17,25,27,29-33,35,37H,8,12-14,18-24H2,1-7H3/b10-9+,16-11+,26-15+,28-17+/t27-,29?,30-,31?,32?,33?,35+/m1/s1. The second-order valence-electron chi connectivity index (χ2n) is 12.2. The number of Topliss-reactive ketones (excluding diaryl/α,β-unsaturated/α-hetero) is 1. The van der Waals surface area contributed by atoms with Crippen LogP contribution in [-0.2, 0) is 19.1 Å². The molecule has 0 aromatic rings. The van der Waals surface area contributed by atoms with E-state index in [1.165, 1.54) is 18.4 Å². The lowest BCUT2D eigenvalue weighted by molar-refractivity contribution is -0.136. The van der Waals surface area contributed by atoms with Crippen LogP contribution in [0.3, 0.4) is 0 Å². The average molecular weight is 559 g/mol. The van der Waals surface area contributed by atoms with Crippen molar-refractivity contribution in [1.29, 1.82) is 0 Å². The van der Waals surface area contributed by atoms with E-state index in [1.807, 2.05) is 38.2 Å². The van der Waals surface area contributed by atoms with Gasteiger partial charge in [0, 0.05) is 19.4 Å². The van der Waals surface area contributed by atoms with Gasteiger partial charge in [-0.05, 0) is 88.5 Å². The predicted octanol–water partition coefficient (Wildman–Crippen LogP) is 8.33. The Labute approximate surface area is 245 Å². The van der Waals surface area contributed by atoms with Crippen LogP contribution in [0.4, 0.5) is 0 Å². The molecule has 5 nitrogen and oxygen atoms in total. The normalized spacial score (nSPS) is 22.7. The van der Waals surface area contributed by atoms with Crippen LogP contribution in [0, 0.1) is 23.7 Å². The van der Waals surface area contributed by atoms with Gasteiger partial charge >= 0.3 is 0 Å². The zero-order valence-electron chi connectivity index (χ0n) is 26.4. The fourth-order valence-electron chi connectivity index (χ4n) is 5.67.